The minimum Gasteiger partial charge on any atom is -0.481 e. The Morgan fingerprint density at radius 1 is 1.38 bits per heavy atom. The van der Waals surface area contributed by atoms with Gasteiger partial charge < -0.3 is 10.4 Å². The molecule has 0 spiro atoms. The lowest BCUT2D eigenvalue weighted by atomic mass is 9.84. The van der Waals surface area contributed by atoms with Crippen LogP contribution in [0, 0.1) is 17.8 Å². The molecule has 2 aliphatic rings. The van der Waals surface area contributed by atoms with Gasteiger partial charge in [-0.1, -0.05) is 0 Å². The zero-order valence-corrected chi connectivity index (χ0v) is 8.51. The van der Waals surface area contributed by atoms with E-state index < -0.39 is 5.97 Å². The number of hydrogen-bond donors (Lipinski definition) is 2. The normalized spacial score (nSPS) is 41.6. The van der Waals surface area contributed by atoms with Gasteiger partial charge in [0.05, 0.1) is 5.92 Å². The number of carbonyl (C=O) groups is 1. The van der Waals surface area contributed by atoms with Crippen LogP contribution in [0.15, 0.2) is 0 Å². The van der Waals surface area contributed by atoms with Crippen molar-refractivity contribution in [1.82, 2.24) is 5.32 Å². The standard InChI is InChI=1S/C9H15NO2.ClH/c1-10-8-6-3-2-5(4-6)7(8)9(11)12;/h5-8,10H,2-4H2,1H3,(H,11,12);1H/t5-,6+,7-,8+;/m0./s1. The van der Waals surface area contributed by atoms with Crippen LogP contribution in [0.5, 0.6) is 0 Å². The smallest absolute Gasteiger partial charge is 0.308 e. The van der Waals surface area contributed by atoms with Crippen LogP contribution in [0.4, 0.5) is 0 Å². The first kappa shape index (κ1) is 10.8. The van der Waals surface area contributed by atoms with Crippen LogP contribution in [-0.2, 0) is 4.79 Å². The molecule has 2 saturated carbocycles. The Balaban J connectivity index is 0.000000845. The van der Waals surface area contributed by atoms with E-state index in [0.717, 1.165) is 12.8 Å². The topological polar surface area (TPSA) is 49.3 Å². The van der Waals surface area contributed by atoms with E-state index in [2.05, 4.69) is 5.32 Å². The number of carboxylic acids is 1. The molecule has 4 atom stereocenters. The minimum atomic E-state index is -0.610. The summed E-state index contributed by atoms with van der Waals surface area (Å²) >= 11 is 0. The minimum absolute atomic E-state index is 0. The summed E-state index contributed by atoms with van der Waals surface area (Å²) in [5.41, 5.74) is 0. The molecule has 0 heterocycles. The van der Waals surface area contributed by atoms with Crippen molar-refractivity contribution < 1.29 is 9.90 Å². The van der Waals surface area contributed by atoms with Crippen LogP contribution in [0.25, 0.3) is 0 Å². The highest BCUT2D eigenvalue weighted by Gasteiger charge is 2.50. The molecule has 0 unspecified atom stereocenters. The lowest BCUT2D eigenvalue weighted by Gasteiger charge is -2.27. The van der Waals surface area contributed by atoms with E-state index in [-0.39, 0.29) is 24.4 Å². The fourth-order valence-electron chi connectivity index (χ4n) is 3.06. The van der Waals surface area contributed by atoms with Crippen molar-refractivity contribution in [3.63, 3.8) is 0 Å². The van der Waals surface area contributed by atoms with E-state index >= 15 is 0 Å². The van der Waals surface area contributed by atoms with Crippen molar-refractivity contribution in [3.8, 4) is 0 Å². The summed E-state index contributed by atoms with van der Waals surface area (Å²) < 4.78 is 0. The Bertz CT molecular complexity index is 210. The zero-order chi connectivity index (χ0) is 8.72. The first-order chi connectivity index (χ1) is 5.74. The molecule has 2 N–H and O–H groups in total. The number of aliphatic carboxylic acids is 1. The molecular weight excluding hydrogens is 190 g/mol. The largest absolute Gasteiger partial charge is 0.481 e. The van der Waals surface area contributed by atoms with E-state index in [1.165, 1.54) is 6.42 Å². The Morgan fingerprint density at radius 2 is 2.00 bits per heavy atom. The second-order valence-corrected chi connectivity index (χ2v) is 4.01. The highest BCUT2D eigenvalue weighted by molar-refractivity contribution is 5.85. The van der Waals surface area contributed by atoms with Gasteiger partial charge in [0.25, 0.3) is 0 Å². The van der Waals surface area contributed by atoms with Crippen molar-refractivity contribution in [1.29, 1.82) is 0 Å². The van der Waals surface area contributed by atoms with Crippen LogP contribution in [0.3, 0.4) is 0 Å². The quantitative estimate of drug-likeness (QED) is 0.711. The van der Waals surface area contributed by atoms with Gasteiger partial charge in [-0.3, -0.25) is 4.79 Å². The van der Waals surface area contributed by atoms with Crippen molar-refractivity contribution in [2.24, 2.45) is 17.8 Å². The highest BCUT2D eigenvalue weighted by Crippen LogP contribution is 2.48. The van der Waals surface area contributed by atoms with Crippen LogP contribution < -0.4 is 5.32 Å². The summed E-state index contributed by atoms with van der Waals surface area (Å²) in [6.45, 7) is 0. The molecule has 0 aromatic heterocycles. The van der Waals surface area contributed by atoms with Gasteiger partial charge in [-0.25, -0.2) is 0 Å². The predicted octanol–water partition coefficient (Wildman–Crippen LogP) is 1.13. The van der Waals surface area contributed by atoms with Crippen molar-refractivity contribution in [2.45, 2.75) is 25.3 Å². The summed E-state index contributed by atoms with van der Waals surface area (Å²) in [6, 6.07) is 0.237. The summed E-state index contributed by atoms with van der Waals surface area (Å²) in [6.07, 6.45) is 3.47. The third-order valence-electron chi connectivity index (χ3n) is 3.53. The summed E-state index contributed by atoms with van der Waals surface area (Å²) in [7, 11) is 1.88. The molecule has 2 rings (SSSR count). The lowest BCUT2D eigenvalue weighted by Crippen LogP contribution is -2.42. The van der Waals surface area contributed by atoms with Crippen LogP contribution in [0.2, 0.25) is 0 Å². The van der Waals surface area contributed by atoms with Gasteiger partial charge in [0.1, 0.15) is 0 Å². The molecule has 2 bridgehead atoms. The molecule has 13 heavy (non-hydrogen) atoms. The van der Waals surface area contributed by atoms with Crippen LogP contribution >= 0.6 is 12.4 Å². The molecule has 2 fully saturated rings. The van der Waals surface area contributed by atoms with Crippen molar-refractivity contribution in [3.05, 3.63) is 0 Å². The van der Waals surface area contributed by atoms with Crippen molar-refractivity contribution in [2.75, 3.05) is 7.05 Å². The Hall–Kier alpha value is -0.280. The number of rotatable bonds is 2. The summed E-state index contributed by atoms with van der Waals surface area (Å²) in [5.74, 6) is 0.348. The van der Waals surface area contributed by atoms with Gasteiger partial charge in [0, 0.05) is 6.04 Å². The monoisotopic (exact) mass is 205 g/mol. The number of carboxylic acid groups (broad SMARTS) is 1. The Kier molecular flexibility index (Phi) is 3.19. The second kappa shape index (κ2) is 3.84. The second-order valence-electron chi connectivity index (χ2n) is 4.01. The number of nitrogens with one attached hydrogen (secondary N) is 1. The molecule has 2 aliphatic carbocycles. The SMILES string of the molecule is CN[C@@H]1[C@@H]2CC[C@@H](C2)[C@@H]1C(=O)O.Cl. The predicted molar refractivity (Wildman–Crippen MR) is 52.1 cm³/mol. The first-order valence-corrected chi connectivity index (χ1v) is 4.64. The van der Waals surface area contributed by atoms with Crippen LogP contribution in [-0.4, -0.2) is 24.2 Å². The lowest BCUT2D eigenvalue weighted by molar-refractivity contribution is -0.144. The van der Waals surface area contributed by atoms with E-state index in [4.69, 9.17) is 5.11 Å². The maximum absolute atomic E-state index is 10.9. The molecule has 0 aromatic rings. The zero-order valence-electron chi connectivity index (χ0n) is 7.69. The molecule has 3 nitrogen and oxygen atoms in total. The molecule has 0 amide bonds. The highest BCUT2D eigenvalue weighted by atomic mass is 35.5. The van der Waals surface area contributed by atoms with Gasteiger partial charge in [0.2, 0.25) is 0 Å². The number of halogens is 1. The number of hydrogen-bond acceptors (Lipinski definition) is 2. The van der Waals surface area contributed by atoms with E-state index in [1.54, 1.807) is 0 Å². The molecule has 76 valence electrons. The van der Waals surface area contributed by atoms with Gasteiger partial charge in [-0.15, -0.1) is 12.4 Å². The summed E-state index contributed by atoms with van der Waals surface area (Å²) in [5, 5.41) is 12.1. The fraction of sp³-hybridized carbons (Fsp3) is 0.889. The van der Waals surface area contributed by atoms with Gasteiger partial charge in [0.15, 0.2) is 0 Å². The molecule has 0 saturated heterocycles. The third kappa shape index (κ3) is 1.55. The van der Waals surface area contributed by atoms with Crippen LogP contribution in [0.1, 0.15) is 19.3 Å². The average molecular weight is 206 g/mol. The van der Waals surface area contributed by atoms with Gasteiger partial charge >= 0.3 is 5.97 Å². The Labute approximate surface area is 84.3 Å². The van der Waals surface area contributed by atoms with Gasteiger partial charge in [-0.05, 0) is 38.1 Å². The van der Waals surface area contributed by atoms with E-state index in [9.17, 15) is 4.79 Å². The molecular formula is C9H16ClNO2. The first-order valence-electron chi connectivity index (χ1n) is 4.64. The van der Waals surface area contributed by atoms with E-state index in [0.29, 0.717) is 11.8 Å². The van der Waals surface area contributed by atoms with Crippen molar-refractivity contribution >= 4 is 18.4 Å². The number of fused-ring (bicyclic) bond motifs is 2. The third-order valence-corrected chi connectivity index (χ3v) is 3.53. The Morgan fingerprint density at radius 3 is 2.46 bits per heavy atom. The molecule has 4 heteroatoms. The average Bonchev–Trinajstić information content (AvgIpc) is 2.60. The molecule has 0 aliphatic heterocycles. The maximum Gasteiger partial charge on any atom is 0.308 e. The summed E-state index contributed by atoms with van der Waals surface area (Å²) in [4.78, 5) is 10.9. The fourth-order valence-corrected chi connectivity index (χ4v) is 3.06. The van der Waals surface area contributed by atoms with E-state index in [1.807, 2.05) is 7.05 Å². The molecule has 0 radical (unpaired) electrons. The van der Waals surface area contributed by atoms with Gasteiger partial charge in [-0.2, -0.15) is 0 Å². The molecule has 0 aromatic carbocycles. The maximum atomic E-state index is 10.9.